The molecule has 0 aliphatic heterocycles. The van der Waals surface area contributed by atoms with E-state index >= 15 is 0 Å². The molecule has 0 spiro atoms. The third-order valence-corrected chi connectivity index (χ3v) is 2.51. The Morgan fingerprint density at radius 1 is 1.06 bits per heavy atom. The number of nitrogens with two attached hydrogens (primary N) is 1. The van der Waals surface area contributed by atoms with Crippen LogP contribution in [0.15, 0.2) is 48.5 Å². The summed E-state index contributed by atoms with van der Waals surface area (Å²) in [5.74, 6) is 0.0477. The molecule has 0 amide bonds. The fraction of sp³-hybridized carbons (Fsp3) is 0. The quantitative estimate of drug-likeness (QED) is 0.618. The van der Waals surface area contributed by atoms with E-state index < -0.39 is 0 Å². The van der Waals surface area contributed by atoms with Crippen molar-refractivity contribution >= 4 is 12.1 Å². The van der Waals surface area contributed by atoms with Gasteiger partial charge in [0.15, 0.2) is 0 Å². The Morgan fingerprint density at radius 2 is 1.76 bits per heavy atom. The van der Waals surface area contributed by atoms with Gasteiger partial charge in [0.25, 0.3) is 0 Å². The van der Waals surface area contributed by atoms with Crippen LogP contribution in [0.5, 0.6) is 0 Å². The molecular formula is C14H11N2O. The Bertz CT molecular complexity index is 559. The largest absolute Gasteiger partial charge is 0.384 e. The van der Waals surface area contributed by atoms with Gasteiger partial charge in [-0.25, -0.2) is 0 Å². The molecule has 2 rings (SSSR count). The molecule has 3 N–H and O–H groups in total. The van der Waals surface area contributed by atoms with Gasteiger partial charge in [-0.2, -0.15) is 0 Å². The van der Waals surface area contributed by atoms with Gasteiger partial charge in [-0.1, -0.05) is 42.5 Å². The Hall–Kier alpha value is -2.42. The van der Waals surface area contributed by atoms with E-state index in [0.29, 0.717) is 11.1 Å². The van der Waals surface area contributed by atoms with Crippen LogP contribution < -0.4 is 5.73 Å². The first-order valence-corrected chi connectivity index (χ1v) is 5.14. The first kappa shape index (κ1) is 11.1. The van der Waals surface area contributed by atoms with E-state index in [9.17, 15) is 4.79 Å². The Labute approximate surface area is 99.4 Å². The molecule has 0 saturated heterocycles. The summed E-state index contributed by atoms with van der Waals surface area (Å²) in [5, 5.41) is 7.30. The number of carbonyl (C=O) groups excluding carboxylic acids is 1. The zero-order chi connectivity index (χ0) is 12.3. The highest BCUT2D eigenvalue weighted by atomic mass is 16.1. The lowest BCUT2D eigenvalue weighted by Gasteiger charge is -2.03. The summed E-state index contributed by atoms with van der Waals surface area (Å²) in [5.41, 5.74) is 8.52. The molecule has 3 heteroatoms. The Balaban J connectivity index is 2.39. The SMILES string of the molecule is N=C(N)c1ccc(-c2cccc([C]=O)c2)cc1. The van der Waals surface area contributed by atoms with E-state index in [4.69, 9.17) is 11.1 Å². The lowest BCUT2D eigenvalue weighted by Crippen LogP contribution is -2.10. The minimum atomic E-state index is 0.0477. The molecular weight excluding hydrogens is 212 g/mol. The summed E-state index contributed by atoms with van der Waals surface area (Å²) in [6, 6.07) is 14.5. The molecule has 0 aliphatic rings. The molecule has 0 aromatic heterocycles. The minimum Gasteiger partial charge on any atom is -0.384 e. The van der Waals surface area contributed by atoms with Crippen LogP contribution in [0.4, 0.5) is 0 Å². The highest BCUT2D eigenvalue weighted by Gasteiger charge is 2.01. The van der Waals surface area contributed by atoms with Crippen molar-refractivity contribution < 1.29 is 4.79 Å². The Morgan fingerprint density at radius 3 is 2.35 bits per heavy atom. The van der Waals surface area contributed by atoms with E-state index in [1.165, 1.54) is 0 Å². The molecule has 3 nitrogen and oxygen atoms in total. The van der Waals surface area contributed by atoms with Gasteiger partial charge in [0.05, 0.1) is 0 Å². The molecule has 0 bridgehead atoms. The topological polar surface area (TPSA) is 66.9 Å². The molecule has 0 atom stereocenters. The molecule has 0 heterocycles. The van der Waals surface area contributed by atoms with Gasteiger partial charge in [-0.15, -0.1) is 0 Å². The third-order valence-electron chi connectivity index (χ3n) is 2.51. The number of hydrogen-bond donors (Lipinski definition) is 2. The minimum absolute atomic E-state index is 0.0477. The predicted molar refractivity (Wildman–Crippen MR) is 67.7 cm³/mol. The summed E-state index contributed by atoms with van der Waals surface area (Å²) in [7, 11) is 0. The zero-order valence-electron chi connectivity index (χ0n) is 9.10. The number of hydrogen-bond acceptors (Lipinski definition) is 2. The summed E-state index contributed by atoms with van der Waals surface area (Å²) in [6.45, 7) is 0. The van der Waals surface area contributed by atoms with Crippen molar-refractivity contribution in [1.29, 1.82) is 5.41 Å². The first-order valence-electron chi connectivity index (χ1n) is 5.14. The van der Waals surface area contributed by atoms with E-state index in [0.717, 1.165) is 11.1 Å². The Kier molecular flexibility index (Phi) is 3.01. The highest BCUT2D eigenvalue weighted by Crippen LogP contribution is 2.20. The number of amidine groups is 1. The average molecular weight is 223 g/mol. The van der Waals surface area contributed by atoms with Gasteiger partial charge in [0, 0.05) is 11.1 Å². The number of benzene rings is 2. The summed E-state index contributed by atoms with van der Waals surface area (Å²) < 4.78 is 0. The van der Waals surface area contributed by atoms with Crippen LogP contribution in [0.3, 0.4) is 0 Å². The number of rotatable bonds is 3. The van der Waals surface area contributed by atoms with Crippen LogP contribution in [0, 0.1) is 5.41 Å². The van der Waals surface area contributed by atoms with Crippen molar-refractivity contribution in [2.45, 2.75) is 0 Å². The normalized spacial score (nSPS) is 9.88. The van der Waals surface area contributed by atoms with Crippen LogP contribution in [0.1, 0.15) is 11.1 Å². The lowest BCUT2D eigenvalue weighted by molar-refractivity contribution is 0.563. The number of nitrogens with one attached hydrogen (secondary N) is 1. The van der Waals surface area contributed by atoms with Gasteiger partial charge < -0.3 is 5.73 Å². The van der Waals surface area contributed by atoms with Gasteiger partial charge in [-0.3, -0.25) is 10.2 Å². The summed E-state index contributed by atoms with van der Waals surface area (Å²) >= 11 is 0. The van der Waals surface area contributed by atoms with Crippen LogP contribution in [-0.4, -0.2) is 12.1 Å². The fourth-order valence-corrected chi connectivity index (χ4v) is 1.60. The molecule has 0 unspecified atom stereocenters. The maximum Gasteiger partial charge on any atom is 0.233 e. The zero-order valence-corrected chi connectivity index (χ0v) is 9.10. The van der Waals surface area contributed by atoms with Gasteiger partial charge >= 0.3 is 0 Å². The van der Waals surface area contributed by atoms with E-state index in [1.807, 2.05) is 30.6 Å². The van der Waals surface area contributed by atoms with Crippen molar-refractivity contribution in [2.75, 3.05) is 0 Å². The molecule has 0 saturated carbocycles. The molecule has 2 aromatic carbocycles. The monoisotopic (exact) mass is 223 g/mol. The first-order chi connectivity index (χ1) is 8.20. The second kappa shape index (κ2) is 4.61. The van der Waals surface area contributed by atoms with Crippen molar-refractivity contribution in [3.05, 3.63) is 59.7 Å². The lowest BCUT2D eigenvalue weighted by atomic mass is 10.0. The predicted octanol–water partition coefficient (Wildman–Crippen LogP) is 2.10. The second-order valence-corrected chi connectivity index (χ2v) is 3.67. The molecule has 83 valence electrons. The van der Waals surface area contributed by atoms with Crippen molar-refractivity contribution in [1.82, 2.24) is 0 Å². The van der Waals surface area contributed by atoms with Gasteiger partial charge in [0.2, 0.25) is 6.29 Å². The van der Waals surface area contributed by atoms with E-state index in [-0.39, 0.29) is 5.84 Å². The molecule has 1 radical (unpaired) electrons. The summed E-state index contributed by atoms with van der Waals surface area (Å²) in [6.07, 6.45) is 1.86. The maximum atomic E-state index is 10.6. The van der Waals surface area contributed by atoms with Crippen LogP contribution >= 0.6 is 0 Å². The highest BCUT2D eigenvalue weighted by molar-refractivity contribution is 5.95. The van der Waals surface area contributed by atoms with Crippen LogP contribution in [0.25, 0.3) is 11.1 Å². The average Bonchev–Trinajstić information content (AvgIpc) is 2.39. The van der Waals surface area contributed by atoms with Crippen molar-refractivity contribution in [3.63, 3.8) is 0 Å². The molecule has 2 aromatic rings. The standard InChI is InChI=1S/C14H11N2O/c15-14(16)12-6-4-11(5-7-12)13-3-1-2-10(8-13)9-17/h1-8H,(H3,15,16). The second-order valence-electron chi connectivity index (χ2n) is 3.67. The third kappa shape index (κ3) is 2.39. The van der Waals surface area contributed by atoms with Gasteiger partial charge in [-0.05, 0) is 17.2 Å². The van der Waals surface area contributed by atoms with Crippen molar-refractivity contribution in [2.24, 2.45) is 5.73 Å². The van der Waals surface area contributed by atoms with Gasteiger partial charge in [0.1, 0.15) is 5.84 Å². The molecule has 0 aliphatic carbocycles. The fourth-order valence-electron chi connectivity index (χ4n) is 1.60. The van der Waals surface area contributed by atoms with E-state index in [2.05, 4.69) is 0 Å². The number of nitrogen functional groups attached to an aromatic ring is 1. The maximum absolute atomic E-state index is 10.6. The van der Waals surface area contributed by atoms with Crippen LogP contribution in [-0.2, 0) is 4.79 Å². The summed E-state index contributed by atoms with van der Waals surface area (Å²) in [4.78, 5) is 10.6. The molecule has 17 heavy (non-hydrogen) atoms. The van der Waals surface area contributed by atoms with Crippen LogP contribution in [0.2, 0.25) is 0 Å². The van der Waals surface area contributed by atoms with E-state index in [1.54, 1.807) is 24.3 Å². The molecule has 0 fully saturated rings. The smallest absolute Gasteiger partial charge is 0.233 e. The van der Waals surface area contributed by atoms with Crippen molar-refractivity contribution in [3.8, 4) is 11.1 Å².